The van der Waals surface area contributed by atoms with Gasteiger partial charge in [-0.15, -0.1) is 0 Å². The van der Waals surface area contributed by atoms with Crippen LogP contribution in [0.1, 0.15) is 27.4 Å². The number of aromatic amines is 1. The highest BCUT2D eigenvalue weighted by molar-refractivity contribution is 6.05. The first-order valence-electron chi connectivity index (χ1n) is 7.03. The van der Waals surface area contributed by atoms with Gasteiger partial charge in [-0.25, -0.2) is 4.39 Å². The van der Waals surface area contributed by atoms with E-state index in [1.54, 1.807) is 42.7 Å². The summed E-state index contributed by atoms with van der Waals surface area (Å²) in [6.07, 6.45) is 4.81. The molecule has 0 aliphatic carbocycles. The Hall–Kier alpha value is -3.08. The number of benzene rings is 1. The number of rotatable bonds is 5. The Bertz CT molecular complexity index is 830. The quantitative estimate of drug-likeness (QED) is 0.423. The average molecular weight is 311 g/mol. The summed E-state index contributed by atoms with van der Waals surface area (Å²) in [5, 5.41) is 9.85. The van der Waals surface area contributed by atoms with Crippen molar-refractivity contribution >= 4 is 11.5 Å². The Labute approximate surface area is 131 Å². The number of carbonyl (C=O) groups is 1. The third-order valence-corrected chi connectivity index (χ3v) is 3.36. The standard InChI is InChI=1S/C18H14FNO3/c19-14-3-1-12(2-4-14)9-15-5-6-18(23-15)17(22)10-16(21)13-7-8-20-11-13/h1-8,10-11,20-21H,9H2/b16-10-. The number of hydrogen-bond donors (Lipinski definition) is 2. The van der Waals surface area contributed by atoms with Crippen molar-refractivity contribution in [2.75, 3.05) is 0 Å². The lowest BCUT2D eigenvalue weighted by molar-refractivity contribution is 0.101. The molecule has 0 fully saturated rings. The minimum Gasteiger partial charge on any atom is -0.507 e. The van der Waals surface area contributed by atoms with Gasteiger partial charge in [0.15, 0.2) is 5.76 Å². The Morgan fingerprint density at radius 2 is 1.96 bits per heavy atom. The normalized spacial score (nSPS) is 11.6. The van der Waals surface area contributed by atoms with Crippen molar-refractivity contribution in [3.63, 3.8) is 0 Å². The number of allylic oxidation sites excluding steroid dienone is 1. The maximum Gasteiger partial charge on any atom is 0.224 e. The number of ketones is 1. The van der Waals surface area contributed by atoms with E-state index < -0.39 is 5.78 Å². The van der Waals surface area contributed by atoms with Gasteiger partial charge in [0.1, 0.15) is 17.3 Å². The number of aromatic nitrogens is 1. The van der Waals surface area contributed by atoms with Crippen molar-refractivity contribution in [1.82, 2.24) is 4.98 Å². The van der Waals surface area contributed by atoms with E-state index in [2.05, 4.69) is 4.98 Å². The molecule has 116 valence electrons. The second-order valence-electron chi connectivity index (χ2n) is 5.06. The lowest BCUT2D eigenvalue weighted by atomic mass is 10.1. The number of halogens is 1. The molecule has 2 N–H and O–H groups in total. The molecule has 0 saturated carbocycles. The van der Waals surface area contributed by atoms with Gasteiger partial charge in [0.05, 0.1) is 0 Å². The predicted octanol–water partition coefficient (Wildman–Crippen LogP) is 4.12. The molecule has 3 rings (SSSR count). The van der Waals surface area contributed by atoms with E-state index in [1.807, 2.05) is 0 Å². The molecule has 1 aromatic carbocycles. The van der Waals surface area contributed by atoms with E-state index >= 15 is 0 Å². The van der Waals surface area contributed by atoms with Crippen molar-refractivity contribution in [2.45, 2.75) is 6.42 Å². The number of nitrogens with one attached hydrogen (secondary N) is 1. The molecule has 0 radical (unpaired) electrons. The summed E-state index contributed by atoms with van der Waals surface area (Å²) in [6.45, 7) is 0. The Morgan fingerprint density at radius 1 is 1.17 bits per heavy atom. The van der Waals surface area contributed by atoms with Crippen molar-refractivity contribution in [1.29, 1.82) is 0 Å². The molecule has 5 heteroatoms. The molecular weight excluding hydrogens is 297 g/mol. The molecule has 0 saturated heterocycles. The zero-order valence-corrected chi connectivity index (χ0v) is 12.1. The number of furan rings is 1. The highest BCUT2D eigenvalue weighted by Gasteiger charge is 2.11. The largest absolute Gasteiger partial charge is 0.507 e. The van der Waals surface area contributed by atoms with Crippen LogP contribution in [0.2, 0.25) is 0 Å². The van der Waals surface area contributed by atoms with E-state index in [0.29, 0.717) is 17.7 Å². The molecule has 2 aromatic heterocycles. The van der Waals surface area contributed by atoms with Gasteiger partial charge >= 0.3 is 0 Å². The first-order chi connectivity index (χ1) is 11.1. The van der Waals surface area contributed by atoms with Gasteiger partial charge in [0, 0.05) is 30.5 Å². The average Bonchev–Trinajstić information content (AvgIpc) is 3.21. The topological polar surface area (TPSA) is 66.2 Å². The molecule has 0 spiro atoms. The van der Waals surface area contributed by atoms with Crippen molar-refractivity contribution in [2.24, 2.45) is 0 Å². The number of carbonyl (C=O) groups excluding carboxylic acids is 1. The van der Waals surface area contributed by atoms with E-state index in [9.17, 15) is 14.3 Å². The SMILES string of the molecule is O=C(/C=C(\O)c1cc[nH]c1)c1ccc(Cc2ccc(F)cc2)o1. The van der Waals surface area contributed by atoms with Crippen LogP contribution in [0, 0.1) is 5.82 Å². The second kappa shape index (κ2) is 6.36. The fourth-order valence-electron chi connectivity index (χ4n) is 2.17. The Kier molecular flexibility index (Phi) is 4.10. The Balaban J connectivity index is 1.72. The fourth-order valence-corrected chi connectivity index (χ4v) is 2.17. The van der Waals surface area contributed by atoms with Crippen LogP contribution in [0.25, 0.3) is 5.76 Å². The molecule has 0 amide bonds. The van der Waals surface area contributed by atoms with Gasteiger partial charge in [-0.05, 0) is 35.9 Å². The van der Waals surface area contributed by atoms with Crippen LogP contribution in [0.4, 0.5) is 4.39 Å². The summed E-state index contributed by atoms with van der Waals surface area (Å²) < 4.78 is 18.4. The minimum atomic E-state index is -0.422. The summed E-state index contributed by atoms with van der Waals surface area (Å²) in [4.78, 5) is 14.9. The van der Waals surface area contributed by atoms with Crippen LogP contribution < -0.4 is 0 Å². The van der Waals surface area contributed by atoms with Gasteiger partial charge in [0.25, 0.3) is 0 Å². The lowest BCUT2D eigenvalue weighted by Crippen LogP contribution is -1.94. The van der Waals surface area contributed by atoms with Gasteiger partial charge in [-0.2, -0.15) is 0 Å². The molecule has 0 aliphatic rings. The monoisotopic (exact) mass is 311 g/mol. The third kappa shape index (κ3) is 3.58. The molecule has 0 aliphatic heterocycles. The first kappa shape index (κ1) is 14.8. The zero-order valence-electron chi connectivity index (χ0n) is 12.1. The van der Waals surface area contributed by atoms with E-state index in [0.717, 1.165) is 11.6 Å². The molecule has 0 unspecified atom stereocenters. The minimum absolute atomic E-state index is 0.132. The van der Waals surface area contributed by atoms with E-state index in [1.165, 1.54) is 12.1 Å². The smallest absolute Gasteiger partial charge is 0.224 e. The van der Waals surface area contributed by atoms with Crippen LogP contribution in [-0.2, 0) is 6.42 Å². The fraction of sp³-hybridized carbons (Fsp3) is 0.0556. The lowest BCUT2D eigenvalue weighted by Gasteiger charge is -1.98. The number of aliphatic hydroxyl groups is 1. The summed E-state index contributed by atoms with van der Waals surface area (Å²) in [5.41, 5.74) is 1.40. The summed E-state index contributed by atoms with van der Waals surface area (Å²) in [5.74, 6) is -0.116. The van der Waals surface area contributed by atoms with Crippen molar-refractivity contribution in [3.8, 4) is 0 Å². The van der Waals surface area contributed by atoms with Crippen LogP contribution in [0.15, 0.2) is 65.4 Å². The highest BCUT2D eigenvalue weighted by atomic mass is 19.1. The van der Waals surface area contributed by atoms with Gasteiger partial charge in [-0.3, -0.25) is 4.79 Å². The summed E-state index contributed by atoms with van der Waals surface area (Å²) in [6, 6.07) is 11.0. The zero-order chi connectivity index (χ0) is 16.2. The molecule has 4 nitrogen and oxygen atoms in total. The molecular formula is C18H14FNO3. The molecule has 0 atom stereocenters. The molecule has 23 heavy (non-hydrogen) atoms. The maximum absolute atomic E-state index is 12.9. The van der Waals surface area contributed by atoms with Crippen LogP contribution >= 0.6 is 0 Å². The van der Waals surface area contributed by atoms with Crippen molar-refractivity contribution in [3.05, 3.63) is 89.4 Å². The second-order valence-corrected chi connectivity index (χ2v) is 5.06. The van der Waals surface area contributed by atoms with Crippen LogP contribution in [-0.4, -0.2) is 15.9 Å². The Morgan fingerprint density at radius 3 is 2.65 bits per heavy atom. The van der Waals surface area contributed by atoms with Crippen molar-refractivity contribution < 1.29 is 18.7 Å². The number of hydrogen-bond acceptors (Lipinski definition) is 3. The third-order valence-electron chi connectivity index (χ3n) is 3.36. The van der Waals surface area contributed by atoms with E-state index in [4.69, 9.17) is 4.42 Å². The van der Waals surface area contributed by atoms with Gasteiger partial charge in [-0.1, -0.05) is 12.1 Å². The number of aliphatic hydroxyl groups excluding tert-OH is 1. The maximum atomic E-state index is 12.9. The summed E-state index contributed by atoms with van der Waals surface area (Å²) in [7, 11) is 0. The predicted molar refractivity (Wildman–Crippen MR) is 83.6 cm³/mol. The van der Waals surface area contributed by atoms with Crippen LogP contribution in [0.3, 0.4) is 0 Å². The van der Waals surface area contributed by atoms with Gasteiger partial charge < -0.3 is 14.5 Å². The summed E-state index contributed by atoms with van der Waals surface area (Å²) >= 11 is 0. The number of H-pyrrole nitrogens is 1. The van der Waals surface area contributed by atoms with E-state index in [-0.39, 0.29) is 17.3 Å². The van der Waals surface area contributed by atoms with Gasteiger partial charge in [0.2, 0.25) is 5.78 Å². The molecule has 2 heterocycles. The first-order valence-corrected chi connectivity index (χ1v) is 7.03. The highest BCUT2D eigenvalue weighted by Crippen LogP contribution is 2.16. The molecule has 0 bridgehead atoms. The molecule has 3 aromatic rings. The van der Waals surface area contributed by atoms with Crippen LogP contribution in [0.5, 0.6) is 0 Å².